The van der Waals surface area contributed by atoms with Crippen LogP contribution in [0.2, 0.25) is 0 Å². The topological polar surface area (TPSA) is 101 Å². The van der Waals surface area contributed by atoms with Crippen LogP contribution in [0.5, 0.6) is 11.5 Å². The Balaban J connectivity index is 1.74. The fraction of sp³-hybridized carbons (Fsp3) is 0.0625. The highest BCUT2D eigenvalue weighted by Crippen LogP contribution is 2.33. The van der Waals surface area contributed by atoms with Crippen LogP contribution in [-0.4, -0.2) is 26.1 Å². The Kier molecular flexibility index (Phi) is 4.48. The molecule has 0 atom stereocenters. The summed E-state index contributed by atoms with van der Waals surface area (Å²) in [6.07, 6.45) is -1.38. The Hall–Kier alpha value is -3.56. The van der Waals surface area contributed by atoms with Crippen molar-refractivity contribution in [1.82, 2.24) is 15.2 Å². The summed E-state index contributed by atoms with van der Waals surface area (Å²) in [5.74, 6) is -1.49. The van der Waals surface area contributed by atoms with E-state index in [9.17, 15) is 23.1 Å². The highest BCUT2D eigenvalue weighted by molar-refractivity contribution is 6.05. The van der Waals surface area contributed by atoms with Gasteiger partial charge >= 0.3 is 6.18 Å². The van der Waals surface area contributed by atoms with Gasteiger partial charge in [0, 0.05) is 12.1 Å². The fourth-order valence-electron chi connectivity index (χ4n) is 1.97. The number of H-pyrrole nitrogens is 1. The smallest absolute Gasteiger partial charge is 0.416 e. The van der Waals surface area contributed by atoms with Crippen LogP contribution >= 0.6 is 0 Å². The molecule has 3 aromatic rings. The molecule has 0 aliphatic rings. The lowest BCUT2D eigenvalue weighted by molar-refractivity contribution is -0.137. The molecule has 2 N–H and O–H groups in total. The highest BCUT2D eigenvalue weighted by atomic mass is 19.4. The third kappa shape index (κ3) is 3.91. The van der Waals surface area contributed by atoms with E-state index in [2.05, 4.69) is 15.2 Å². The molecule has 2 aromatic heterocycles. The normalized spacial score (nSPS) is 12.2. The van der Waals surface area contributed by atoms with E-state index in [0.717, 1.165) is 24.5 Å². The van der Waals surface area contributed by atoms with E-state index in [4.69, 9.17) is 9.15 Å². The van der Waals surface area contributed by atoms with Crippen molar-refractivity contribution in [2.75, 3.05) is 0 Å². The summed E-state index contributed by atoms with van der Waals surface area (Å²) >= 11 is 0. The maximum atomic E-state index is 12.7. The second-order valence-electron chi connectivity index (χ2n) is 4.99. The number of aromatic nitrogens is 3. The minimum atomic E-state index is -4.50. The molecule has 134 valence electrons. The van der Waals surface area contributed by atoms with Gasteiger partial charge in [-0.05, 0) is 18.2 Å². The van der Waals surface area contributed by atoms with Crippen molar-refractivity contribution in [3.8, 4) is 11.5 Å². The number of ketones is 1. The van der Waals surface area contributed by atoms with Crippen molar-refractivity contribution < 1.29 is 32.2 Å². The molecule has 0 amide bonds. The number of alkyl halides is 3. The Labute approximate surface area is 143 Å². The molecule has 0 unspecified atom stereocenters. The number of nitrogens with one attached hydrogen (secondary N) is 1. The summed E-state index contributed by atoms with van der Waals surface area (Å²) < 4.78 is 48.4. The maximum absolute atomic E-state index is 12.7. The molecule has 0 aliphatic heterocycles. The van der Waals surface area contributed by atoms with Gasteiger partial charge in [0.25, 0.3) is 0 Å². The number of hydrogen-bond donors (Lipinski definition) is 2. The SMILES string of the molecule is O=C(C=C(O)c1nc[nH]n1)c1cc(Oc2cccc(C(F)(F)F)c2)co1. The Bertz CT molecular complexity index is 946. The first-order valence-corrected chi connectivity index (χ1v) is 7.08. The van der Waals surface area contributed by atoms with Gasteiger partial charge in [0.2, 0.25) is 11.6 Å². The lowest BCUT2D eigenvalue weighted by atomic mass is 10.2. The molecular weight excluding hydrogens is 355 g/mol. The number of aliphatic hydroxyl groups is 1. The summed E-state index contributed by atoms with van der Waals surface area (Å²) in [6, 6.07) is 5.45. The lowest BCUT2D eigenvalue weighted by Crippen LogP contribution is -2.04. The number of carbonyl (C=O) groups is 1. The number of hydrogen-bond acceptors (Lipinski definition) is 6. The fourth-order valence-corrected chi connectivity index (χ4v) is 1.97. The molecular formula is C16H10F3N3O4. The average molecular weight is 365 g/mol. The van der Waals surface area contributed by atoms with E-state index in [1.807, 2.05) is 0 Å². The standard InChI is InChI=1S/C16H10F3N3O4/c17-16(18,19)9-2-1-3-10(4-9)26-11-5-14(25-7-11)12(23)6-13(24)15-20-8-21-22-15/h1-8,24H,(H,20,21,22). The molecule has 3 rings (SSSR count). The quantitative estimate of drug-likeness (QED) is 0.403. The zero-order valence-electron chi connectivity index (χ0n) is 12.8. The van der Waals surface area contributed by atoms with E-state index in [1.54, 1.807) is 0 Å². The maximum Gasteiger partial charge on any atom is 0.416 e. The number of furan rings is 1. The summed E-state index contributed by atoms with van der Waals surface area (Å²) in [6.45, 7) is 0. The molecule has 7 nitrogen and oxygen atoms in total. The largest absolute Gasteiger partial charge is 0.504 e. The van der Waals surface area contributed by atoms with Gasteiger partial charge in [-0.2, -0.15) is 18.3 Å². The van der Waals surface area contributed by atoms with Gasteiger partial charge in [0.15, 0.2) is 17.3 Å². The monoisotopic (exact) mass is 365 g/mol. The van der Waals surface area contributed by atoms with Crippen LogP contribution in [0.25, 0.3) is 5.76 Å². The summed E-state index contributed by atoms with van der Waals surface area (Å²) in [7, 11) is 0. The van der Waals surface area contributed by atoms with Gasteiger partial charge in [-0.3, -0.25) is 9.89 Å². The molecule has 0 spiro atoms. The summed E-state index contributed by atoms with van der Waals surface area (Å²) in [5, 5.41) is 15.7. The molecule has 0 aliphatic carbocycles. The third-order valence-electron chi connectivity index (χ3n) is 3.13. The minimum absolute atomic E-state index is 0.0264. The van der Waals surface area contributed by atoms with Crippen molar-refractivity contribution in [2.45, 2.75) is 6.18 Å². The van der Waals surface area contributed by atoms with E-state index < -0.39 is 23.3 Å². The van der Waals surface area contributed by atoms with Gasteiger partial charge in [0.05, 0.1) is 5.56 Å². The van der Waals surface area contributed by atoms with Gasteiger partial charge < -0.3 is 14.3 Å². The molecule has 10 heteroatoms. The van der Waals surface area contributed by atoms with E-state index in [1.165, 1.54) is 24.5 Å². The first kappa shape index (κ1) is 17.3. The van der Waals surface area contributed by atoms with Crippen LogP contribution < -0.4 is 4.74 Å². The number of rotatable bonds is 5. The van der Waals surface area contributed by atoms with Crippen LogP contribution in [0, 0.1) is 0 Å². The molecule has 0 saturated heterocycles. The van der Waals surface area contributed by atoms with Crippen LogP contribution in [0.15, 0.2) is 53.4 Å². The Morgan fingerprint density at radius 3 is 2.77 bits per heavy atom. The second-order valence-corrected chi connectivity index (χ2v) is 4.99. The van der Waals surface area contributed by atoms with Crippen molar-refractivity contribution >= 4 is 11.5 Å². The highest BCUT2D eigenvalue weighted by Gasteiger charge is 2.30. The van der Waals surface area contributed by atoms with Gasteiger partial charge in [0.1, 0.15) is 18.3 Å². The number of halogens is 3. The molecule has 26 heavy (non-hydrogen) atoms. The Morgan fingerprint density at radius 2 is 2.08 bits per heavy atom. The van der Waals surface area contributed by atoms with Crippen LogP contribution in [0.4, 0.5) is 13.2 Å². The zero-order chi connectivity index (χ0) is 18.7. The number of carbonyl (C=O) groups excluding carboxylic acids is 1. The van der Waals surface area contributed by atoms with Gasteiger partial charge in [-0.1, -0.05) is 6.07 Å². The molecule has 0 bridgehead atoms. The number of benzene rings is 1. The average Bonchev–Trinajstić information content (AvgIpc) is 3.26. The van der Waals surface area contributed by atoms with Crippen LogP contribution in [0.3, 0.4) is 0 Å². The summed E-state index contributed by atoms with van der Waals surface area (Å²) in [4.78, 5) is 15.7. The molecule has 0 radical (unpaired) electrons. The molecule has 0 fully saturated rings. The first-order chi connectivity index (χ1) is 12.3. The van der Waals surface area contributed by atoms with Crippen molar-refractivity contribution in [1.29, 1.82) is 0 Å². The van der Waals surface area contributed by atoms with Crippen molar-refractivity contribution in [3.63, 3.8) is 0 Å². The molecule has 2 heterocycles. The van der Waals surface area contributed by atoms with Gasteiger partial charge in [-0.25, -0.2) is 4.98 Å². The Morgan fingerprint density at radius 1 is 1.27 bits per heavy atom. The van der Waals surface area contributed by atoms with E-state index in [-0.39, 0.29) is 23.1 Å². The van der Waals surface area contributed by atoms with Crippen molar-refractivity contribution in [2.24, 2.45) is 0 Å². The number of allylic oxidation sites excluding steroid dienone is 1. The zero-order valence-corrected chi connectivity index (χ0v) is 12.8. The summed E-state index contributed by atoms with van der Waals surface area (Å²) in [5.41, 5.74) is -0.867. The third-order valence-corrected chi connectivity index (χ3v) is 3.13. The second kappa shape index (κ2) is 6.75. The number of ether oxygens (including phenoxy) is 1. The van der Waals surface area contributed by atoms with Gasteiger partial charge in [-0.15, -0.1) is 0 Å². The van der Waals surface area contributed by atoms with Crippen LogP contribution in [0.1, 0.15) is 21.9 Å². The van der Waals surface area contributed by atoms with E-state index in [0.29, 0.717) is 0 Å². The number of aromatic amines is 1. The van der Waals surface area contributed by atoms with Crippen LogP contribution in [-0.2, 0) is 6.18 Å². The molecule has 0 saturated carbocycles. The minimum Gasteiger partial charge on any atom is -0.504 e. The number of nitrogens with zero attached hydrogens (tertiary/aromatic N) is 2. The van der Waals surface area contributed by atoms with Crippen molar-refractivity contribution in [3.05, 3.63) is 66.1 Å². The predicted molar refractivity (Wildman–Crippen MR) is 81.5 cm³/mol. The van der Waals surface area contributed by atoms with E-state index >= 15 is 0 Å². The molecule has 1 aromatic carbocycles. The lowest BCUT2D eigenvalue weighted by Gasteiger charge is -2.08. The number of aliphatic hydroxyl groups excluding tert-OH is 1. The first-order valence-electron chi connectivity index (χ1n) is 7.08. The predicted octanol–water partition coefficient (Wildman–Crippen LogP) is 3.99.